The molecule has 0 bridgehead atoms. The summed E-state index contributed by atoms with van der Waals surface area (Å²) in [7, 11) is -3.10. The maximum Gasteiger partial charge on any atom is 0.237 e. The Labute approximate surface area is 118 Å². The van der Waals surface area contributed by atoms with Gasteiger partial charge in [0.15, 0.2) is 0 Å². The maximum absolute atomic E-state index is 12.0. The highest BCUT2D eigenvalue weighted by atomic mass is 32.2. The quantitative estimate of drug-likeness (QED) is 0.826. The summed E-state index contributed by atoms with van der Waals surface area (Å²) in [6, 6.07) is 0.970. The van der Waals surface area contributed by atoms with E-state index in [0.29, 0.717) is 0 Å². The molecule has 6 nitrogen and oxygen atoms in total. The van der Waals surface area contributed by atoms with E-state index in [1.54, 1.807) is 6.26 Å². The van der Waals surface area contributed by atoms with Crippen LogP contribution in [0.5, 0.6) is 0 Å². The third kappa shape index (κ3) is 3.83. The predicted molar refractivity (Wildman–Crippen MR) is 74.8 cm³/mol. The standard InChI is InChI=1S/C13H20N2O4S/c1-20(17,18)8-6-10(14)13(16)15-11-3-2-4-12-9(11)5-7-19-12/h5,7,10-11H,2-4,6,8,14H2,1H3,(H,15,16). The number of hydrogen-bond donors (Lipinski definition) is 2. The van der Waals surface area contributed by atoms with E-state index in [-0.39, 0.29) is 24.1 Å². The van der Waals surface area contributed by atoms with Gasteiger partial charge in [-0.1, -0.05) is 0 Å². The molecule has 1 aromatic heterocycles. The summed E-state index contributed by atoms with van der Waals surface area (Å²) in [6.45, 7) is 0. The number of aryl methyl sites for hydroxylation is 1. The van der Waals surface area contributed by atoms with E-state index in [2.05, 4.69) is 5.32 Å². The van der Waals surface area contributed by atoms with Crippen LogP contribution >= 0.6 is 0 Å². The van der Waals surface area contributed by atoms with Crippen LogP contribution in [0.4, 0.5) is 0 Å². The highest BCUT2D eigenvalue weighted by molar-refractivity contribution is 7.90. The Morgan fingerprint density at radius 1 is 1.60 bits per heavy atom. The number of hydrogen-bond acceptors (Lipinski definition) is 5. The average Bonchev–Trinajstić information content (AvgIpc) is 2.84. The topological polar surface area (TPSA) is 102 Å². The first kappa shape index (κ1) is 15.1. The summed E-state index contributed by atoms with van der Waals surface area (Å²) in [5, 5.41) is 2.88. The van der Waals surface area contributed by atoms with E-state index in [4.69, 9.17) is 10.2 Å². The number of rotatable bonds is 5. The van der Waals surface area contributed by atoms with Gasteiger partial charge in [0.25, 0.3) is 0 Å². The fraction of sp³-hybridized carbons (Fsp3) is 0.615. The Kier molecular flexibility index (Phi) is 4.49. The van der Waals surface area contributed by atoms with Crippen molar-refractivity contribution in [2.75, 3.05) is 12.0 Å². The number of carbonyl (C=O) groups is 1. The van der Waals surface area contributed by atoms with Crippen LogP contribution in [0.2, 0.25) is 0 Å². The molecule has 0 saturated carbocycles. The summed E-state index contributed by atoms with van der Waals surface area (Å²) in [5.41, 5.74) is 6.74. The number of fused-ring (bicyclic) bond motifs is 1. The van der Waals surface area contributed by atoms with Crippen LogP contribution < -0.4 is 11.1 Å². The number of furan rings is 1. The minimum Gasteiger partial charge on any atom is -0.469 e. The molecule has 0 saturated heterocycles. The number of carbonyl (C=O) groups excluding carboxylic acids is 1. The van der Waals surface area contributed by atoms with E-state index >= 15 is 0 Å². The van der Waals surface area contributed by atoms with E-state index in [0.717, 1.165) is 36.8 Å². The first-order valence-electron chi connectivity index (χ1n) is 6.67. The van der Waals surface area contributed by atoms with Gasteiger partial charge in [-0.25, -0.2) is 8.42 Å². The zero-order chi connectivity index (χ0) is 14.8. The lowest BCUT2D eigenvalue weighted by Crippen LogP contribution is -2.43. The maximum atomic E-state index is 12.0. The van der Waals surface area contributed by atoms with Gasteiger partial charge in [-0.3, -0.25) is 4.79 Å². The van der Waals surface area contributed by atoms with E-state index in [1.807, 2.05) is 6.07 Å². The summed E-state index contributed by atoms with van der Waals surface area (Å²) in [4.78, 5) is 12.0. The van der Waals surface area contributed by atoms with Crippen LogP contribution in [0.3, 0.4) is 0 Å². The lowest BCUT2D eigenvalue weighted by atomic mass is 9.93. The molecule has 20 heavy (non-hydrogen) atoms. The lowest BCUT2D eigenvalue weighted by molar-refractivity contribution is -0.123. The lowest BCUT2D eigenvalue weighted by Gasteiger charge is -2.24. The van der Waals surface area contributed by atoms with E-state index in [9.17, 15) is 13.2 Å². The minimum absolute atomic E-state index is 0.0801. The van der Waals surface area contributed by atoms with Crippen molar-refractivity contribution in [2.45, 2.75) is 37.8 Å². The molecule has 1 aromatic rings. The number of nitrogens with one attached hydrogen (secondary N) is 1. The molecule has 1 heterocycles. The highest BCUT2D eigenvalue weighted by Crippen LogP contribution is 2.30. The Morgan fingerprint density at radius 3 is 3.05 bits per heavy atom. The fourth-order valence-electron chi connectivity index (χ4n) is 2.39. The molecule has 1 aliphatic rings. The van der Waals surface area contributed by atoms with Crippen molar-refractivity contribution in [1.82, 2.24) is 5.32 Å². The van der Waals surface area contributed by atoms with Gasteiger partial charge < -0.3 is 15.5 Å². The summed E-state index contributed by atoms with van der Waals surface area (Å²) < 4.78 is 27.5. The third-order valence-electron chi connectivity index (χ3n) is 3.50. The van der Waals surface area contributed by atoms with Crippen LogP contribution in [0, 0.1) is 0 Å². The second kappa shape index (κ2) is 5.97. The molecule has 7 heteroatoms. The van der Waals surface area contributed by atoms with Gasteiger partial charge in [-0.2, -0.15) is 0 Å². The second-order valence-corrected chi connectivity index (χ2v) is 7.54. The second-order valence-electron chi connectivity index (χ2n) is 5.28. The zero-order valence-corrected chi connectivity index (χ0v) is 12.3. The molecule has 0 aliphatic heterocycles. The zero-order valence-electron chi connectivity index (χ0n) is 11.5. The van der Waals surface area contributed by atoms with Crippen LogP contribution in [0.1, 0.15) is 36.6 Å². The first-order valence-corrected chi connectivity index (χ1v) is 8.73. The molecular formula is C13H20N2O4S. The number of amides is 1. The van der Waals surface area contributed by atoms with Crippen molar-refractivity contribution < 1.29 is 17.6 Å². The SMILES string of the molecule is CS(=O)(=O)CCC(N)C(=O)NC1CCCc2occc21. The van der Waals surface area contributed by atoms with Gasteiger partial charge in [0.05, 0.1) is 24.1 Å². The van der Waals surface area contributed by atoms with Gasteiger partial charge in [0, 0.05) is 18.2 Å². The summed E-state index contributed by atoms with van der Waals surface area (Å²) in [5.74, 6) is 0.516. The van der Waals surface area contributed by atoms with Crippen LogP contribution in [0.15, 0.2) is 16.7 Å². The Balaban J connectivity index is 1.92. The molecule has 112 valence electrons. The third-order valence-corrected chi connectivity index (χ3v) is 4.48. The largest absolute Gasteiger partial charge is 0.469 e. The Morgan fingerprint density at radius 2 is 2.35 bits per heavy atom. The van der Waals surface area contributed by atoms with E-state index < -0.39 is 15.9 Å². The smallest absolute Gasteiger partial charge is 0.237 e. The van der Waals surface area contributed by atoms with Gasteiger partial charge in [-0.15, -0.1) is 0 Å². The molecule has 2 atom stereocenters. The minimum atomic E-state index is -3.10. The normalized spacial score (nSPS) is 20.2. The molecule has 0 spiro atoms. The molecule has 0 radical (unpaired) electrons. The molecule has 2 unspecified atom stereocenters. The Bertz CT molecular complexity index is 579. The highest BCUT2D eigenvalue weighted by Gasteiger charge is 2.26. The molecule has 2 rings (SSSR count). The number of sulfone groups is 1. The number of nitrogens with two attached hydrogens (primary N) is 1. The van der Waals surface area contributed by atoms with Crippen molar-refractivity contribution >= 4 is 15.7 Å². The van der Waals surface area contributed by atoms with E-state index in [1.165, 1.54) is 0 Å². The molecule has 0 aromatic carbocycles. The van der Waals surface area contributed by atoms with Crippen LogP contribution in [-0.4, -0.2) is 32.4 Å². The monoisotopic (exact) mass is 300 g/mol. The average molecular weight is 300 g/mol. The van der Waals surface area contributed by atoms with Crippen LogP contribution in [0.25, 0.3) is 0 Å². The van der Waals surface area contributed by atoms with Crippen molar-refractivity contribution in [2.24, 2.45) is 5.73 Å². The van der Waals surface area contributed by atoms with Crippen molar-refractivity contribution in [1.29, 1.82) is 0 Å². The molecule has 3 N–H and O–H groups in total. The Hall–Kier alpha value is -1.34. The fourth-order valence-corrected chi connectivity index (χ4v) is 3.07. The van der Waals surface area contributed by atoms with Crippen LogP contribution in [-0.2, 0) is 21.1 Å². The molecule has 1 amide bonds. The van der Waals surface area contributed by atoms with Gasteiger partial charge in [0.2, 0.25) is 5.91 Å². The van der Waals surface area contributed by atoms with Gasteiger partial charge in [0.1, 0.15) is 15.6 Å². The molecule has 1 aliphatic carbocycles. The molecular weight excluding hydrogens is 280 g/mol. The summed E-state index contributed by atoms with van der Waals surface area (Å²) >= 11 is 0. The van der Waals surface area contributed by atoms with Gasteiger partial charge >= 0.3 is 0 Å². The van der Waals surface area contributed by atoms with Crippen molar-refractivity contribution in [3.8, 4) is 0 Å². The van der Waals surface area contributed by atoms with Crippen molar-refractivity contribution in [3.05, 3.63) is 23.7 Å². The van der Waals surface area contributed by atoms with Crippen molar-refractivity contribution in [3.63, 3.8) is 0 Å². The predicted octanol–water partition coefficient (Wildman–Crippen LogP) is 0.535. The van der Waals surface area contributed by atoms with Gasteiger partial charge in [-0.05, 0) is 25.3 Å². The first-order chi connectivity index (χ1) is 9.37. The molecule has 0 fully saturated rings. The summed E-state index contributed by atoms with van der Waals surface area (Å²) in [6.07, 6.45) is 5.57.